The maximum Gasteiger partial charge on any atom is 0.466 e. The Kier molecular flexibility index (Phi) is 10.4. The molecule has 0 aliphatic carbocycles. The zero-order valence-electron chi connectivity index (χ0n) is 9.96. The Morgan fingerprint density at radius 2 is 0.944 bits per heavy atom. The van der Waals surface area contributed by atoms with Gasteiger partial charge >= 0.3 is 15.6 Å². The summed E-state index contributed by atoms with van der Waals surface area (Å²) in [5.74, 6) is 0. The minimum Gasteiger partial charge on any atom is -0.311 e. The Morgan fingerprint density at radius 1 is 0.778 bits per heavy atom. The maximum absolute atomic E-state index is 8.88. The van der Waals surface area contributed by atoms with Gasteiger partial charge in [-0.15, -0.1) is 0 Å². The van der Waals surface area contributed by atoms with Crippen LogP contribution in [0.2, 0.25) is 0 Å². The molecule has 0 radical (unpaired) electrons. The second-order valence-corrected chi connectivity index (χ2v) is 5.70. The normalized spacial score (nSPS) is 24.2. The van der Waals surface area contributed by atoms with Crippen molar-refractivity contribution in [3.63, 3.8) is 0 Å². The zero-order valence-corrected chi connectivity index (χ0v) is 11.8. The Bertz CT molecular complexity index is 247. The molecule has 2 unspecified atom stereocenters. The fraction of sp³-hybridized carbons (Fsp3) is 1.00. The smallest absolute Gasteiger partial charge is 0.311 e. The Labute approximate surface area is 105 Å². The minimum atomic E-state index is -4.64. The Hall–Kier alpha value is 0.140. The molecule has 1 heterocycles. The zero-order chi connectivity index (χ0) is 15.0. The van der Waals surface area contributed by atoms with Gasteiger partial charge < -0.3 is 40.0 Å². The number of nitrogens with one attached hydrogen (secondary N) is 2. The lowest BCUT2D eigenvalue weighted by atomic mass is 10.2. The van der Waals surface area contributed by atoms with Crippen molar-refractivity contribution in [1.82, 2.24) is 10.6 Å². The van der Waals surface area contributed by atoms with Crippen molar-refractivity contribution in [3.05, 3.63) is 0 Å². The lowest BCUT2D eigenvalue weighted by molar-refractivity contribution is 0.272. The van der Waals surface area contributed by atoms with E-state index < -0.39 is 15.6 Å². The standard InChI is InChI=1S/C6H14N2.2H3O4P/c1-5-3-8-6(2)4-7-5;2*1-5(2,3)4/h5-8H,3-4H2,1-2H3;2*(H3,1,2,3,4). The van der Waals surface area contributed by atoms with Crippen LogP contribution < -0.4 is 10.6 Å². The van der Waals surface area contributed by atoms with Crippen LogP contribution >= 0.6 is 15.6 Å². The Balaban J connectivity index is 0. The molecule has 12 heteroatoms. The minimum absolute atomic E-state index is 0.659. The molecule has 0 spiro atoms. The molecule has 0 aromatic rings. The summed E-state index contributed by atoms with van der Waals surface area (Å²) >= 11 is 0. The topological polar surface area (TPSA) is 180 Å². The third kappa shape index (κ3) is 36.0. The number of piperazine rings is 1. The van der Waals surface area contributed by atoms with E-state index in [2.05, 4.69) is 24.5 Å². The molecule has 1 aliphatic rings. The predicted octanol–water partition coefficient (Wildman–Crippen LogP) is -1.90. The van der Waals surface area contributed by atoms with Gasteiger partial charge in [0.2, 0.25) is 0 Å². The number of hydrogen-bond acceptors (Lipinski definition) is 4. The number of phosphoric acid groups is 2. The molecule has 0 bridgehead atoms. The van der Waals surface area contributed by atoms with Crippen molar-refractivity contribution in [2.45, 2.75) is 25.9 Å². The molecule has 112 valence electrons. The fourth-order valence-corrected chi connectivity index (χ4v) is 0.900. The molecule has 8 N–H and O–H groups in total. The van der Waals surface area contributed by atoms with Crippen LogP contribution in [0.3, 0.4) is 0 Å². The molecular weight excluding hydrogens is 290 g/mol. The van der Waals surface area contributed by atoms with Crippen LogP contribution in [-0.4, -0.2) is 54.5 Å². The van der Waals surface area contributed by atoms with E-state index in [4.69, 9.17) is 38.5 Å². The van der Waals surface area contributed by atoms with E-state index in [1.54, 1.807) is 0 Å². The molecule has 2 atom stereocenters. The van der Waals surface area contributed by atoms with Gasteiger partial charge in [-0.1, -0.05) is 0 Å². The van der Waals surface area contributed by atoms with Crippen LogP contribution in [0.15, 0.2) is 0 Å². The summed E-state index contributed by atoms with van der Waals surface area (Å²) in [6.45, 7) is 6.61. The molecule has 18 heavy (non-hydrogen) atoms. The second kappa shape index (κ2) is 9.11. The number of hydrogen-bond donors (Lipinski definition) is 8. The maximum atomic E-state index is 8.88. The molecule has 0 aromatic carbocycles. The summed E-state index contributed by atoms with van der Waals surface area (Å²) < 4.78 is 17.8. The van der Waals surface area contributed by atoms with Crippen LogP contribution in [0.4, 0.5) is 0 Å². The highest BCUT2D eigenvalue weighted by Crippen LogP contribution is 2.26. The summed E-state index contributed by atoms with van der Waals surface area (Å²) in [6, 6.07) is 1.32. The van der Waals surface area contributed by atoms with E-state index in [1.807, 2.05) is 0 Å². The van der Waals surface area contributed by atoms with Crippen LogP contribution in [-0.2, 0) is 9.13 Å². The first-order valence-electron chi connectivity index (χ1n) is 4.82. The van der Waals surface area contributed by atoms with Gasteiger partial charge in [0.15, 0.2) is 0 Å². The van der Waals surface area contributed by atoms with Crippen LogP contribution in [0.5, 0.6) is 0 Å². The van der Waals surface area contributed by atoms with E-state index in [-0.39, 0.29) is 0 Å². The largest absolute Gasteiger partial charge is 0.466 e. The van der Waals surface area contributed by atoms with Crippen LogP contribution in [0.1, 0.15) is 13.8 Å². The van der Waals surface area contributed by atoms with Crippen molar-refractivity contribution in [1.29, 1.82) is 0 Å². The van der Waals surface area contributed by atoms with Gasteiger partial charge in [0.05, 0.1) is 0 Å². The lowest BCUT2D eigenvalue weighted by Gasteiger charge is -2.26. The van der Waals surface area contributed by atoms with Crippen LogP contribution in [0.25, 0.3) is 0 Å². The van der Waals surface area contributed by atoms with Crippen LogP contribution in [0, 0.1) is 0 Å². The van der Waals surface area contributed by atoms with Gasteiger partial charge in [0.1, 0.15) is 0 Å². The molecule has 0 saturated carbocycles. The SMILES string of the molecule is CC1CNC(C)CN1.O=P(O)(O)O.O=P(O)(O)O. The summed E-state index contributed by atoms with van der Waals surface area (Å²) in [5, 5.41) is 6.74. The molecule has 1 rings (SSSR count). The van der Waals surface area contributed by atoms with E-state index in [0.29, 0.717) is 12.1 Å². The third-order valence-electron chi connectivity index (χ3n) is 1.54. The van der Waals surface area contributed by atoms with Gasteiger partial charge in [-0.3, -0.25) is 0 Å². The fourth-order valence-electron chi connectivity index (χ4n) is 0.900. The third-order valence-corrected chi connectivity index (χ3v) is 1.54. The lowest BCUT2D eigenvalue weighted by Crippen LogP contribution is -2.51. The highest BCUT2D eigenvalue weighted by molar-refractivity contribution is 7.45. The van der Waals surface area contributed by atoms with E-state index >= 15 is 0 Å². The van der Waals surface area contributed by atoms with Gasteiger partial charge in [0.25, 0.3) is 0 Å². The van der Waals surface area contributed by atoms with Crippen molar-refractivity contribution < 1.29 is 38.5 Å². The monoisotopic (exact) mass is 310 g/mol. The van der Waals surface area contributed by atoms with Crippen molar-refractivity contribution in [2.75, 3.05) is 13.1 Å². The van der Waals surface area contributed by atoms with Crippen molar-refractivity contribution in [3.8, 4) is 0 Å². The van der Waals surface area contributed by atoms with Gasteiger partial charge in [-0.05, 0) is 13.8 Å². The first-order valence-corrected chi connectivity index (χ1v) is 7.95. The molecule has 1 saturated heterocycles. The van der Waals surface area contributed by atoms with E-state index in [9.17, 15) is 0 Å². The average molecular weight is 310 g/mol. The second-order valence-electron chi connectivity index (χ2n) is 3.65. The van der Waals surface area contributed by atoms with Gasteiger partial charge in [-0.2, -0.15) is 0 Å². The van der Waals surface area contributed by atoms with Gasteiger partial charge in [-0.25, -0.2) is 9.13 Å². The highest BCUT2D eigenvalue weighted by Gasteiger charge is 2.10. The molecule has 10 nitrogen and oxygen atoms in total. The summed E-state index contributed by atoms with van der Waals surface area (Å²) in [6.07, 6.45) is 0. The van der Waals surface area contributed by atoms with E-state index in [1.165, 1.54) is 0 Å². The summed E-state index contributed by atoms with van der Waals surface area (Å²) in [5.41, 5.74) is 0. The molecule has 1 aliphatic heterocycles. The van der Waals surface area contributed by atoms with Gasteiger partial charge in [0, 0.05) is 25.2 Å². The number of rotatable bonds is 0. The van der Waals surface area contributed by atoms with Crippen molar-refractivity contribution in [2.24, 2.45) is 0 Å². The Morgan fingerprint density at radius 3 is 1.06 bits per heavy atom. The molecule has 0 amide bonds. The quantitative estimate of drug-likeness (QED) is 0.235. The first kappa shape index (κ1) is 20.5. The molecule has 1 fully saturated rings. The van der Waals surface area contributed by atoms with E-state index in [0.717, 1.165) is 13.1 Å². The predicted molar refractivity (Wildman–Crippen MR) is 63.5 cm³/mol. The first-order chi connectivity index (χ1) is 7.79. The van der Waals surface area contributed by atoms with Crippen molar-refractivity contribution >= 4 is 15.6 Å². The summed E-state index contributed by atoms with van der Waals surface area (Å²) in [7, 11) is -9.28. The average Bonchev–Trinajstić information content (AvgIpc) is 2.04. The summed E-state index contributed by atoms with van der Waals surface area (Å²) in [4.78, 5) is 43.1. The molecular formula is C6H20N2O8P2. The molecule has 0 aromatic heterocycles. The highest BCUT2D eigenvalue weighted by atomic mass is 31.2.